The minimum Gasteiger partial charge on any atom is -0.339 e. The highest BCUT2D eigenvalue weighted by molar-refractivity contribution is 7.98. The summed E-state index contributed by atoms with van der Waals surface area (Å²) in [6, 6.07) is 6.66. The van der Waals surface area contributed by atoms with E-state index in [9.17, 15) is 4.39 Å². The van der Waals surface area contributed by atoms with Crippen LogP contribution in [0.3, 0.4) is 0 Å². The van der Waals surface area contributed by atoms with Gasteiger partial charge >= 0.3 is 0 Å². The lowest BCUT2D eigenvalue weighted by molar-refractivity contribution is 0.348. The summed E-state index contributed by atoms with van der Waals surface area (Å²) < 4.78 is 18.7. The number of benzene rings is 1. The number of halogens is 1. The van der Waals surface area contributed by atoms with Crippen LogP contribution in [0.1, 0.15) is 25.1 Å². The fourth-order valence-corrected chi connectivity index (χ4v) is 2.56. The Hall–Kier alpha value is -1.40. The third-order valence-electron chi connectivity index (χ3n) is 3.08. The maximum atomic E-state index is 13.5. The largest absolute Gasteiger partial charge is 0.339 e. The van der Waals surface area contributed by atoms with E-state index in [1.807, 2.05) is 0 Å². The summed E-state index contributed by atoms with van der Waals surface area (Å²) in [5.41, 5.74) is 5.65. The number of nitrogens with two attached hydrogens (primary N) is 1. The van der Waals surface area contributed by atoms with E-state index in [0.29, 0.717) is 41.2 Å². The lowest BCUT2D eigenvalue weighted by atomic mass is 10.0. The maximum Gasteiger partial charge on any atom is 0.226 e. The van der Waals surface area contributed by atoms with Gasteiger partial charge in [-0.1, -0.05) is 30.6 Å². The maximum absolute atomic E-state index is 13.5. The van der Waals surface area contributed by atoms with E-state index in [4.69, 9.17) is 10.3 Å². The second-order valence-electron chi connectivity index (χ2n) is 4.54. The molecule has 1 heterocycles. The highest BCUT2D eigenvalue weighted by Gasteiger charge is 2.12. The molecule has 2 N–H and O–H groups in total. The van der Waals surface area contributed by atoms with Crippen LogP contribution in [0.25, 0.3) is 0 Å². The van der Waals surface area contributed by atoms with Crippen LogP contribution in [-0.4, -0.2) is 16.7 Å². The van der Waals surface area contributed by atoms with E-state index >= 15 is 0 Å². The molecule has 0 amide bonds. The van der Waals surface area contributed by atoms with Gasteiger partial charge in [-0.3, -0.25) is 0 Å². The number of hydrogen-bond donors (Lipinski definition) is 1. The summed E-state index contributed by atoms with van der Waals surface area (Å²) in [5.74, 6) is 1.81. The quantitative estimate of drug-likeness (QED) is 0.795. The smallest absolute Gasteiger partial charge is 0.226 e. The third-order valence-corrected chi connectivity index (χ3v) is 4.12. The molecular formula is C14H18FN3OS. The first kappa shape index (κ1) is 15.0. The second-order valence-corrected chi connectivity index (χ2v) is 5.55. The molecule has 0 saturated carbocycles. The van der Waals surface area contributed by atoms with Crippen molar-refractivity contribution >= 4 is 11.8 Å². The zero-order chi connectivity index (χ0) is 14.4. The van der Waals surface area contributed by atoms with Crippen molar-refractivity contribution < 1.29 is 8.91 Å². The zero-order valence-electron chi connectivity index (χ0n) is 11.4. The van der Waals surface area contributed by atoms with Gasteiger partial charge in [0.25, 0.3) is 0 Å². The van der Waals surface area contributed by atoms with Crippen molar-refractivity contribution in [2.75, 3.05) is 6.54 Å². The zero-order valence-corrected chi connectivity index (χ0v) is 12.2. The topological polar surface area (TPSA) is 64.9 Å². The Bertz CT molecular complexity index is 543. The molecule has 1 atom stereocenters. The lowest BCUT2D eigenvalue weighted by Crippen LogP contribution is -2.16. The lowest BCUT2D eigenvalue weighted by Gasteiger charge is -2.07. The average Bonchev–Trinajstić information content (AvgIpc) is 2.91. The van der Waals surface area contributed by atoms with Gasteiger partial charge in [0.15, 0.2) is 5.82 Å². The molecule has 4 nitrogen and oxygen atoms in total. The Morgan fingerprint density at radius 2 is 2.20 bits per heavy atom. The SMILES string of the molecule is CCC(CN)Cc1nc(CSc2ccccc2F)no1. The van der Waals surface area contributed by atoms with Crippen LogP contribution in [0.15, 0.2) is 33.7 Å². The van der Waals surface area contributed by atoms with Gasteiger partial charge in [0.2, 0.25) is 5.89 Å². The van der Waals surface area contributed by atoms with E-state index in [1.54, 1.807) is 18.2 Å². The standard InChI is InChI=1S/C14H18FN3OS/c1-2-10(8-16)7-14-17-13(18-19-14)9-20-12-6-4-3-5-11(12)15/h3-6,10H,2,7-9,16H2,1H3. The molecule has 0 saturated heterocycles. The summed E-state index contributed by atoms with van der Waals surface area (Å²) in [4.78, 5) is 4.90. The molecule has 108 valence electrons. The Morgan fingerprint density at radius 1 is 1.40 bits per heavy atom. The molecule has 6 heteroatoms. The second kappa shape index (κ2) is 7.40. The molecule has 1 aromatic heterocycles. The van der Waals surface area contributed by atoms with Gasteiger partial charge in [-0.15, -0.1) is 11.8 Å². The van der Waals surface area contributed by atoms with Gasteiger partial charge < -0.3 is 10.3 Å². The van der Waals surface area contributed by atoms with E-state index in [-0.39, 0.29) is 5.82 Å². The van der Waals surface area contributed by atoms with Gasteiger partial charge in [-0.25, -0.2) is 4.39 Å². The van der Waals surface area contributed by atoms with Crippen LogP contribution >= 0.6 is 11.8 Å². The van der Waals surface area contributed by atoms with Crippen molar-refractivity contribution in [3.63, 3.8) is 0 Å². The minimum absolute atomic E-state index is 0.226. The predicted octanol–water partition coefficient (Wildman–Crippen LogP) is 3.03. The summed E-state index contributed by atoms with van der Waals surface area (Å²) in [5, 5.41) is 3.91. The first-order chi connectivity index (χ1) is 9.72. The van der Waals surface area contributed by atoms with Gasteiger partial charge in [0.05, 0.1) is 5.75 Å². The summed E-state index contributed by atoms with van der Waals surface area (Å²) >= 11 is 1.36. The molecule has 0 aliphatic heterocycles. The van der Waals surface area contributed by atoms with Crippen molar-refractivity contribution in [2.24, 2.45) is 11.7 Å². The van der Waals surface area contributed by atoms with Gasteiger partial charge in [-0.2, -0.15) is 4.98 Å². The summed E-state index contributed by atoms with van der Waals surface area (Å²) in [7, 11) is 0. The molecule has 0 spiro atoms. The molecule has 2 aromatic rings. The number of rotatable bonds is 7. The molecule has 2 rings (SSSR count). The monoisotopic (exact) mass is 295 g/mol. The Labute approximate surface area is 121 Å². The fourth-order valence-electron chi connectivity index (χ4n) is 1.78. The van der Waals surface area contributed by atoms with Crippen LogP contribution in [-0.2, 0) is 12.2 Å². The van der Waals surface area contributed by atoms with Gasteiger partial charge in [0, 0.05) is 11.3 Å². The Balaban J connectivity index is 1.91. The van der Waals surface area contributed by atoms with E-state index < -0.39 is 0 Å². The molecule has 0 fully saturated rings. The van der Waals surface area contributed by atoms with Crippen LogP contribution in [0.5, 0.6) is 0 Å². The Morgan fingerprint density at radius 3 is 2.90 bits per heavy atom. The van der Waals surface area contributed by atoms with Gasteiger partial charge in [-0.05, 0) is 24.6 Å². The van der Waals surface area contributed by atoms with Crippen LogP contribution in [0, 0.1) is 11.7 Å². The molecule has 1 unspecified atom stereocenters. The third kappa shape index (κ3) is 4.05. The number of thioether (sulfide) groups is 1. The first-order valence-electron chi connectivity index (χ1n) is 6.61. The van der Waals surface area contributed by atoms with Crippen LogP contribution < -0.4 is 5.73 Å². The molecule has 0 bridgehead atoms. The van der Waals surface area contributed by atoms with Crippen molar-refractivity contribution in [3.05, 3.63) is 41.8 Å². The average molecular weight is 295 g/mol. The molecule has 0 aliphatic rings. The van der Waals surface area contributed by atoms with E-state index in [2.05, 4.69) is 17.1 Å². The van der Waals surface area contributed by atoms with Crippen molar-refractivity contribution in [2.45, 2.75) is 30.4 Å². The van der Waals surface area contributed by atoms with E-state index in [1.165, 1.54) is 17.8 Å². The molecule has 1 aromatic carbocycles. The fraction of sp³-hybridized carbons (Fsp3) is 0.429. The Kier molecular flexibility index (Phi) is 5.55. The normalized spacial score (nSPS) is 12.6. The molecule has 20 heavy (non-hydrogen) atoms. The number of nitrogens with zero attached hydrogens (tertiary/aromatic N) is 2. The minimum atomic E-state index is -0.226. The van der Waals surface area contributed by atoms with Crippen LogP contribution in [0.2, 0.25) is 0 Å². The predicted molar refractivity (Wildman–Crippen MR) is 76.8 cm³/mol. The van der Waals surface area contributed by atoms with Crippen LogP contribution in [0.4, 0.5) is 4.39 Å². The molecule has 0 radical (unpaired) electrons. The van der Waals surface area contributed by atoms with Crippen molar-refractivity contribution in [1.29, 1.82) is 0 Å². The number of hydrogen-bond acceptors (Lipinski definition) is 5. The van der Waals surface area contributed by atoms with Crippen molar-refractivity contribution in [3.8, 4) is 0 Å². The summed E-state index contributed by atoms with van der Waals surface area (Å²) in [6.45, 7) is 2.70. The van der Waals surface area contributed by atoms with E-state index in [0.717, 1.165) is 6.42 Å². The summed E-state index contributed by atoms with van der Waals surface area (Å²) in [6.07, 6.45) is 1.68. The van der Waals surface area contributed by atoms with Crippen molar-refractivity contribution in [1.82, 2.24) is 10.1 Å². The first-order valence-corrected chi connectivity index (χ1v) is 7.60. The molecular weight excluding hydrogens is 277 g/mol. The highest BCUT2D eigenvalue weighted by atomic mass is 32.2. The highest BCUT2D eigenvalue weighted by Crippen LogP contribution is 2.24. The van der Waals surface area contributed by atoms with Gasteiger partial charge in [0.1, 0.15) is 5.82 Å². The molecule has 0 aliphatic carbocycles. The number of aromatic nitrogens is 2.